The second kappa shape index (κ2) is 4.73. The fourth-order valence-corrected chi connectivity index (χ4v) is 2.00. The lowest BCUT2D eigenvalue weighted by Crippen LogP contribution is -1.92. The van der Waals surface area contributed by atoms with Crippen LogP contribution in [0.2, 0.25) is 5.02 Å². The highest BCUT2D eigenvalue weighted by molar-refractivity contribution is 6.31. The summed E-state index contributed by atoms with van der Waals surface area (Å²) in [4.78, 5) is 0. The molecular formula is C13H14ClNO. The van der Waals surface area contributed by atoms with Gasteiger partial charge in [-0.1, -0.05) is 29.8 Å². The van der Waals surface area contributed by atoms with E-state index in [1.807, 2.05) is 37.4 Å². The number of aliphatic hydroxyl groups is 1. The molecule has 1 aromatic carbocycles. The van der Waals surface area contributed by atoms with Gasteiger partial charge < -0.3 is 9.67 Å². The van der Waals surface area contributed by atoms with Gasteiger partial charge >= 0.3 is 0 Å². The first kappa shape index (κ1) is 11.2. The van der Waals surface area contributed by atoms with Gasteiger partial charge in [-0.05, 0) is 19.1 Å². The van der Waals surface area contributed by atoms with E-state index in [2.05, 4.69) is 10.6 Å². The molecule has 0 radical (unpaired) electrons. The van der Waals surface area contributed by atoms with Crippen molar-refractivity contribution in [3.05, 3.63) is 47.1 Å². The number of aromatic nitrogens is 1. The second-order valence-electron chi connectivity index (χ2n) is 3.70. The van der Waals surface area contributed by atoms with Crippen LogP contribution in [-0.2, 0) is 13.2 Å². The first-order chi connectivity index (χ1) is 7.76. The van der Waals surface area contributed by atoms with E-state index < -0.39 is 0 Å². The summed E-state index contributed by atoms with van der Waals surface area (Å²) in [6.45, 7) is 2.85. The molecule has 3 heteroatoms. The zero-order valence-electron chi connectivity index (χ0n) is 9.15. The quantitative estimate of drug-likeness (QED) is 0.811. The Balaban J connectivity index is 2.59. The van der Waals surface area contributed by atoms with Crippen LogP contribution in [0.1, 0.15) is 12.5 Å². The Kier molecular flexibility index (Phi) is 3.32. The average Bonchev–Trinajstić information content (AvgIpc) is 2.64. The zero-order valence-corrected chi connectivity index (χ0v) is 9.91. The van der Waals surface area contributed by atoms with Crippen molar-refractivity contribution in [1.82, 2.24) is 4.57 Å². The first-order valence-corrected chi connectivity index (χ1v) is 5.63. The van der Waals surface area contributed by atoms with E-state index in [1.54, 1.807) is 0 Å². The van der Waals surface area contributed by atoms with Gasteiger partial charge in [-0.2, -0.15) is 0 Å². The molecule has 0 aliphatic rings. The van der Waals surface area contributed by atoms with E-state index in [4.69, 9.17) is 11.6 Å². The van der Waals surface area contributed by atoms with E-state index in [9.17, 15) is 5.11 Å². The Hall–Kier alpha value is -1.25. The number of halogens is 1. The van der Waals surface area contributed by atoms with Gasteiger partial charge in [0.05, 0.1) is 12.1 Å². The lowest BCUT2D eigenvalue weighted by Gasteiger charge is -2.00. The Morgan fingerprint density at radius 1 is 1.44 bits per heavy atom. The third-order valence-corrected chi connectivity index (χ3v) is 2.87. The molecule has 2 nitrogen and oxygen atoms in total. The van der Waals surface area contributed by atoms with Crippen molar-refractivity contribution >= 4 is 22.5 Å². The van der Waals surface area contributed by atoms with E-state index in [-0.39, 0.29) is 6.61 Å². The lowest BCUT2D eigenvalue weighted by molar-refractivity contribution is 0.283. The summed E-state index contributed by atoms with van der Waals surface area (Å²) in [5, 5.41) is 11.1. The molecule has 0 aliphatic carbocycles. The number of rotatable bonds is 3. The van der Waals surface area contributed by atoms with Crippen molar-refractivity contribution in [3.63, 3.8) is 0 Å². The van der Waals surface area contributed by atoms with Crippen molar-refractivity contribution in [3.8, 4) is 0 Å². The number of allylic oxidation sites excluding steroid dienone is 2. The number of benzene rings is 1. The summed E-state index contributed by atoms with van der Waals surface area (Å²) in [6, 6.07) is 5.73. The summed E-state index contributed by atoms with van der Waals surface area (Å²) in [5.41, 5.74) is 2.01. The largest absolute Gasteiger partial charge is 0.392 e. The SMILES string of the molecule is C/C=C/Cn1cc(CO)c2ccc(Cl)cc21. The first-order valence-electron chi connectivity index (χ1n) is 5.25. The van der Waals surface area contributed by atoms with Crippen molar-refractivity contribution in [2.75, 3.05) is 0 Å². The van der Waals surface area contributed by atoms with Crippen LogP contribution in [0.4, 0.5) is 0 Å². The van der Waals surface area contributed by atoms with E-state index in [1.165, 1.54) is 0 Å². The Labute approximate surface area is 99.8 Å². The summed E-state index contributed by atoms with van der Waals surface area (Å²) in [6.07, 6.45) is 6.05. The minimum Gasteiger partial charge on any atom is -0.392 e. The fraction of sp³-hybridized carbons (Fsp3) is 0.231. The van der Waals surface area contributed by atoms with Crippen LogP contribution >= 0.6 is 11.6 Å². The number of fused-ring (bicyclic) bond motifs is 1. The van der Waals surface area contributed by atoms with Crippen molar-refractivity contribution in [2.24, 2.45) is 0 Å². The molecule has 0 unspecified atom stereocenters. The van der Waals surface area contributed by atoms with Gasteiger partial charge in [-0.25, -0.2) is 0 Å². The molecule has 0 saturated carbocycles. The van der Waals surface area contributed by atoms with Gasteiger partial charge in [-0.15, -0.1) is 0 Å². The molecule has 1 heterocycles. The van der Waals surface area contributed by atoms with Crippen LogP contribution in [0.15, 0.2) is 36.5 Å². The minimum absolute atomic E-state index is 0.0565. The number of hydrogen-bond donors (Lipinski definition) is 1. The molecule has 1 N–H and O–H groups in total. The molecule has 0 amide bonds. The minimum atomic E-state index is 0.0565. The van der Waals surface area contributed by atoms with Gasteiger partial charge in [0.25, 0.3) is 0 Å². The fourth-order valence-electron chi connectivity index (χ4n) is 1.84. The summed E-state index contributed by atoms with van der Waals surface area (Å²) in [7, 11) is 0. The molecule has 2 rings (SSSR count). The molecule has 2 aromatic rings. The highest BCUT2D eigenvalue weighted by atomic mass is 35.5. The van der Waals surface area contributed by atoms with Crippen LogP contribution in [0.25, 0.3) is 10.9 Å². The van der Waals surface area contributed by atoms with Crippen LogP contribution in [0.5, 0.6) is 0 Å². The summed E-state index contributed by atoms with van der Waals surface area (Å²) >= 11 is 5.98. The van der Waals surface area contributed by atoms with Gasteiger partial charge in [0, 0.05) is 28.7 Å². The standard InChI is InChI=1S/C13H14ClNO/c1-2-3-6-15-8-10(9-16)12-5-4-11(14)7-13(12)15/h2-5,7-8,16H,6,9H2,1H3/b3-2+. The van der Waals surface area contributed by atoms with Crippen molar-refractivity contribution in [1.29, 1.82) is 0 Å². The highest BCUT2D eigenvalue weighted by Crippen LogP contribution is 2.24. The smallest absolute Gasteiger partial charge is 0.0702 e. The van der Waals surface area contributed by atoms with Gasteiger partial charge in [0.15, 0.2) is 0 Å². The predicted octanol–water partition coefficient (Wildman–Crippen LogP) is 3.36. The van der Waals surface area contributed by atoms with Crippen LogP contribution < -0.4 is 0 Å². The number of nitrogens with zero attached hydrogens (tertiary/aromatic N) is 1. The van der Waals surface area contributed by atoms with Crippen LogP contribution in [-0.4, -0.2) is 9.67 Å². The normalized spacial score (nSPS) is 11.7. The molecule has 0 bridgehead atoms. The average molecular weight is 236 g/mol. The van der Waals surface area contributed by atoms with Crippen molar-refractivity contribution < 1.29 is 5.11 Å². The maximum Gasteiger partial charge on any atom is 0.0702 e. The lowest BCUT2D eigenvalue weighted by atomic mass is 10.2. The van der Waals surface area contributed by atoms with Gasteiger partial charge in [0.2, 0.25) is 0 Å². The molecule has 0 atom stereocenters. The monoisotopic (exact) mass is 235 g/mol. The number of aliphatic hydroxyl groups excluding tert-OH is 1. The van der Waals surface area contributed by atoms with Gasteiger partial charge in [-0.3, -0.25) is 0 Å². The zero-order chi connectivity index (χ0) is 11.5. The van der Waals surface area contributed by atoms with Gasteiger partial charge in [0.1, 0.15) is 0 Å². The van der Waals surface area contributed by atoms with E-state index >= 15 is 0 Å². The number of hydrogen-bond acceptors (Lipinski definition) is 1. The molecular weight excluding hydrogens is 222 g/mol. The highest BCUT2D eigenvalue weighted by Gasteiger charge is 2.07. The molecule has 0 spiro atoms. The Morgan fingerprint density at radius 3 is 2.94 bits per heavy atom. The second-order valence-corrected chi connectivity index (χ2v) is 4.13. The van der Waals surface area contributed by atoms with E-state index in [0.717, 1.165) is 28.0 Å². The third-order valence-electron chi connectivity index (χ3n) is 2.63. The van der Waals surface area contributed by atoms with E-state index in [0.29, 0.717) is 0 Å². The van der Waals surface area contributed by atoms with Crippen molar-refractivity contribution in [2.45, 2.75) is 20.1 Å². The molecule has 0 fully saturated rings. The van der Waals surface area contributed by atoms with Crippen LogP contribution in [0, 0.1) is 0 Å². The predicted molar refractivity (Wildman–Crippen MR) is 67.7 cm³/mol. The third kappa shape index (κ3) is 1.99. The maximum atomic E-state index is 9.28. The summed E-state index contributed by atoms with van der Waals surface area (Å²) < 4.78 is 2.09. The molecule has 0 saturated heterocycles. The molecule has 0 aliphatic heterocycles. The summed E-state index contributed by atoms with van der Waals surface area (Å²) in [5.74, 6) is 0. The maximum absolute atomic E-state index is 9.28. The molecule has 84 valence electrons. The molecule has 1 aromatic heterocycles. The molecule has 16 heavy (non-hydrogen) atoms. The van der Waals surface area contributed by atoms with Crippen LogP contribution in [0.3, 0.4) is 0 Å². The Morgan fingerprint density at radius 2 is 2.25 bits per heavy atom. The topological polar surface area (TPSA) is 25.2 Å². The Bertz CT molecular complexity index is 528.